The molecule has 1 amide bonds. The van der Waals surface area contributed by atoms with Gasteiger partial charge in [-0.2, -0.15) is 0 Å². The Balaban J connectivity index is 1.20. The molecule has 0 aliphatic carbocycles. The number of nitrogens with two attached hydrogens (primary N) is 2. The molecule has 0 spiro atoms. The second-order valence-electron chi connectivity index (χ2n) is 12.3. The normalized spacial score (nSPS) is 17.3. The summed E-state index contributed by atoms with van der Waals surface area (Å²) in [6, 6.07) is 13.0. The van der Waals surface area contributed by atoms with Gasteiger partial charge in [0.1, 0.15) is 17.5 Å². The first-order valence-electron chi connectivity index (χ1n) is 16.4. The van der Waals surface area contributed by atoms with Crippen LogP contribution in [-0.4, -0.2) is 72.3 Å². The summed E-state index contributed by atoms with van der Waals surface area (Å²) in [7, 11) is 0. The molecule has 0 radical (unpaired) electrons. The summed E-state index contributed by atoms with van der Waals surface area (Å²) in [5, 5.41) is 2.86. The fourth-order valence-electron chi connectivity index (χ4n) is 5.85. The van der Waals surface area contributed by atoms with Gasteiger partial charge >= 0.3 is 0 Å². The minimum Gasteiger partial charge on any atom is -0.404 e. The maximum absolute atomic E-state index is 13.7. The average molecular weight is 664 g/mol. The zero-order chi connectivity index (χ0) is 34.2. The van der Waals surface area contributed by atoms with Crippen LogP contribution in [0.5, 0.6) is 0 Å². The number of aromatic nitrogens is 3. The van der Waals surface area contributed by atoms with Crippen LogP contribution in [0.4, 0.5) is 11.5 Å². The van der Waals surface area contributed by atoms with Crippen LogP contribution in [0.15, 0.2) is 83.2 Å². The molecule has 5 N–H and O–H groups in total. The van der Waals surface area contributed by atoms with Gasteiger partial charge in [-0.3, -0.25) is 19.6 Å². The second-order valence-corrected chi connectivity index (χ2v) is 12.3. The summed E-state index contributed by atoms with van der Waals surface area (Å²) in [4.78, 5) is 40.7. The maximum Gasteiger partial charge on any atom is 0.261 e. The van der Waals surface area contributed by atoms with Gasteiger partial charge in [0.2, 0.25) is 5.43 Å². The molecule has 2 saturated heterocycles. The number of aryl methyl sites for hydroxylation is 1. The number of pyridine rings is 3. The van der Waals surface area contributed by atoms with Gasteiger partial charge in [0.05, 0.1) is 43.9 Å². The number of hydrogen-bond acceptors (Lipinski definition) is 10. The largest absolute Gasteiger partial charge is 0.404 e. The fraction of sp³-hybridized carbons (Fsp3) is 0.324. The van der Waals surface area contributed by atoms with Gasteiger partial charge in [-0.1, -0.05) is 29.8 Å². The molecular formula is C37H41N7O5. The highest BCUT2D eigenvalue weighted by atomic mass is 16.6. The highest BCUT2D eigenvalue weighted by molar-refractivity contribution is 6.10. The molecule has 1 aromatic carbocycles. The molecule has 1 atom stereocenters. The highest BCUT2D eigenvalue weighted by Gasteiger charge is 2.20. The van der Waals surface area contributed by atoms with Crippen molar-refractivity contribution in [3.05, 3.63) is 100 Å². The van der Waals surface area contributed by atoms with Crippen LogP contribution in [0.3, 0.4) is 0 Å². The van der Waals surface area contributed by atoms with Crippen molar-refractivity contribution in [2.45, 2.75) is 32.4 Å². The Labute approximate surface area is 284 Å². The lowest BCUT2D eigenvalue weighted by Gasteiger charge is -2.23. The summed E-state index contributed by atoms with van der Waals surface area (Å²) in [6.45, 7) is 6.20. The minimum absolute atomic E-state index is 0.0562. The van der Waals surface area contributed by atoms with Gasteiger partial charge in [-0.15, -0.1) is 0 Å². The number of aliphatic imine (C=N–C) groups is 1. The molecule has 12 nitrogen and oxygen atoms in total. The van der Waals surface area contributed by atoms with E-state index in [9.17, 15) is 9.59 Å². The summed E-state index contributed by atoms with van der Waals surface area (Å²) >= 11 is 0. The summed E-state index contributed by atoms with van der Waals surface area (Å²) in [5.41, 5.74) is 17.1. The third-order valence-electron chi connectivity index (χ3n) is 8.65. The van der Waals surface area contributed by atoms with Gasteiger partial charge in [-0.05, 0) is 49.4 Å². The van der Waals surface area contributed by atoms with Crippen LogP contribution in [0, 0.1) is 12.8 Å². The van der Waals surface area contributed by atoms with E-state index in [4.69, 9.17) is 25.7 Å². The third kappa shape index (κ3) is 8.47. The van der Waals surface area contributed by atoms with Crippen LogP contribution in [0.2, 0.25) is 0 Å². The van der Waals surface area contributed by atoms with Crippen LogP contribution in [0.25, 0.3) is 28.0 Å². The van der Waals surface area contributed by atoms with Crippen LogP contribution in [-0.2, 0) is 20.8 Å². The van der Waals surface area contributed by atoms with E-state index in [-0.39, 0.29) is 22.9 Å². The predicted molar refractivity (Wildman–Crippen MR) is 190 cm³/mol. The predicted octanol–water partition coefficient (Wildman–Crippen LogP) is 4.33. The average Bonchev–Trinajstić information content (AvgIpc) is 3.13. The molecule has 12 heteroatoms. The van der Waals surface area contributed by atoms with E-state index in [1.54, 1.807) is 30.7 Å². The smallest absolute Gasteiger partial charge is 0.261 e. The molecule has 254 valence electrons. The van der Waals surface area contributed by atoms with E-state index in [1.165, 1.54) is 12.4 Å². The Kier molecular flexibility index (Phi) is 10.9. The van der Waals surface area contributed by atoms with Crippen molar-refractivity contribution < 1.29 is 19.0 Å². The SMILES string of the molecule is Cc1ccc(-c2cn(CC3CCOCC3)cc(C(=O)Nc3ccc(-c4cc(C(C=NC[C@H]5COCCO5)=CN)cnc4N)nc3)c2=O)cc1. The second kappa shape index (κ2) is 15.8. The van der Waals surface area contributed by atoms with E-state index >= 15 is 0 Å². The number of rotatable bonds is 10. The standard InChI is InChI=1S/C37H41N7O5/c1-24-2-4-26(5-3-24)32-21-44(20-25-8-10-47-11-9-25)22-33(35(32)45)37(46)43-29-6-7-34(41-18-29)31-14-27(17-42-36(31)39)28(15-38)16-40-19-30-23-48-12-13-49-30/h2-7,14-18,21-22,25,30H,8-13,19-20,23,38H2,1H3,(H2,39,42)(H,43,46)/t30-/m0/s1. The molecule has 0 saturated carbocycles. The van der Waals surface area contributed by atoms with E-state index in [1.807, 2.05) is 48.0 Å². The zero-order valence-corrected chi connectivity index (χ0v) is 27.5. The number of amides is 1. The van der Waals surface area contributed by atoms with Gasteiger partial charge in [0.25, 0.3) is 5.91 Å². The molecule has 4 aromatic rings. The number of allylic oxidation sites excluding steroid dienone is 1. The Morgan fingerprint density at radius 3 is 2.55 bits per heavy atom. The Bertz CT molecular complexity index is 1880. The van der Waals surface area contributed by atoms with Crippen molar-refractivity contribution in [1.29, 1.82) is 0 Å². The number of nitrogen functional groups attached to an aromatic ring is 1. The van der Waals surface area contributed by atoms with Crippen molar-refractivity contribution in [3.8, 4) is 22.4 Å². The van der Waals surface area contributed by atoms with Crippen LogP contribution >= 0.6 is 0 Å². The van der Waals surface area contributed by atoms with Crippen molar-refractivity contribution in [3.63, 3.8) is 0 Å². The number of carbonyl (C=O) groups is 1. The summed E-state index contributed by atoms with van der Waals surface area (Å²) in [5.74, 6) is 0.164. The third-order valence-corrected chi connectivity index (χ3v) is 8.65. The van der Waals surface area contributed by atoms with Gasteiger partial charge in [0.15, 0.2) is 0 Å². The molecular weight excluding hydrogens is 622 g/mol. The zero-order valence-electron chi connectivity index (χ0n) is 27.5. The van der Waals surface area contributed by atoms with Crippen molar-refractivity contribution >= 4 is 29.2 Å². The molecule has 2 aliphatic rings. The highest BCUT2D eigenvalue weighted by Crippen LogP contribution is 2.27. The van der Waals surface area contributed by atoms with E-state index in [0.717, 1.165) is 24.0 Å². The van der Waals surface area contributed by atoms with Gasteiger partial charge < -0.3 is 35.6 Å². The number of ether oxygens (including phenoxy) is 3. The Morgan fingerprint density at radius 1 is 1.02 bits per heavy atom. The number of nitrogens with one attached hydrogen (secondary N) is 1. The maximum atomic E-state index is 13.7. The van der Waals surface area contributed by atoms with Crippen LogP contribution in [0.1, 0.15) is 34.3 Å². The number of nitrogens with zero attached hydrogens (tertiary/aromatic N) is 4. The summed E-state index contributed by atoms with van der Waals surface area (Å²) < 4.78 is 18.6. The lowest BCUT2D eigenvalue weighted by atomic mass is 9.99. The molecule has 2 fully saturated rings. The molecule has 5 heterocycles. The minimum atomic E-state index is -0.514. The lowest BCUT2D eigenvalue weighted by molar-refractivity contribution is -0.0832. The van der Waals surface area contributed by atoms with E-state index in [2.05, 4.69) is 20.3 Å². The number of carbonyl (C=O) groups excluding carboxylic acids is 1. The summed E-state index contributed by atoms with van der Waals surface area (Å²) in [6.07, 6.45) is 11.5. The first kappa shape index (κ1) is 33.7. The molecule has 49 heavy (non-hydrogen) atoms. The van der Waals surface area contributed by atoms with E-state index in [0.29, 0.717) is 85.7 Å². The molecule has 3 aromatic heterocycles. The van der Waals surface area contributed by atoms with Gasteiger partial charge in [0, 0.05) is 73.0 Å². The number of benzene rings is 1. The Hall–Kier alpha value is -5.17. The molecule has 6 rings (SSSR count). The lowest BCUT2D eigenvalue weighted by Crippen LogP contribution is -2.30. The molecule has 0 bridgehead atoms. The molecule has 0 unspecified atom stereocenters. The molecule has 2 aliphatic heterocycles. The topological polar surface area (TPSA) is 169 Å². The quantitative estimate of drug-likeness (QED) is 0.209. The first-order chi connectivity index (χ1) is 23.9. The fourth-order valence-corrected chi connectivity index (χ4v) is 5.85. The van der Waals surface area contributed by atoms with Gasteiger partial charge in [-0.25, -0.2) is 4.98 Å². The monoisotopic (exact) mass is 663 g/mol. The Morgan fingerprint density at radius 2 is 1.84 bits per heavy atom. The number of hydrogen-bond donors (Lipinski definition) is 3. The van der Waals surface area contributed by atoms with Crippen molar-refractivity contribution in [1.82, 2.24) is 14.5 Å². The van der Waals surface area contributed by atoms with E-state index < -0.39 is 5.91 Å². The van der Waals surface area contributed by atoms with Crippen molar-refractivity contribution in [2.24, 2.45) is 16.6 Å². The first-order valence-corrected chi connectivity index (χ1v) is 16.4. The van der Waals surface area contributed by atoms with Crippen molar-refractivity contribution in [2.75, 3.05) is 50.6 Å². The van der Waals surface area contributed by atoms with Crippen LogP contribution < -0.4 is 22.2 Å². The number of anilines is 2.